The highest BCUT2D eigenvalue weighted by atomic mass is 19.1. The molecular weight excluding hydrogens is 455 g/mol. The van der Waals surface area contributed by atoms with Crippen LogP contribution in [0, 0.1) is 0 Å². The van der Waals surface area contributed by atoms with Gasteiger partial charge in [0.25, 0.3) is 5.88 Å². The summed E-state index contributed by atoms with van der Waals surface area (Å²) in [5.41, 5.74) is 1.81. The van der Waals surface area contributed by atoms with E-state index in [4.69, 9.17) is 4.74 Å². The van der Waals surface area contributed by atoms with E-state index in [2.05, 4.69) is 49.2 Å². The lowest BCUT2D eigenvalue weighted by molar-refractivity contribution is -0.117. The van der Waals surface area contributed by atoms with Gasteiger partial charge in [-0.05, 0) is 26.1 Å². The van der Waals surface area contributed by atoms with E-state index in [1.54, 1.807) is 22.9 Å². The molecule has 2 saturated heterocycles. The molecule has 2 aliphatic rings. The fourth-order valence-electron chi connectivity index (χ4n) is 4.58. The number of alkyl halides is 1. The van der Waals surface area contributed by atoms with Crippen molar-refractivity contribution < 1.29 is 13.9 Å². The quantitative estimate of drug-likeness (QED) is 0.474. The lowest BCUT2D eigenvalue weighted by atomic mass is 10.2. The van der Waals surface area contributed by atoms with Crippen molar-refractivity contribution in [2.24, 2.45) is 7.05 Å². The summed E-state index contributed by atoms with van der Waals surface area (Å²) in [6.07, 6.45) is 4.44. The second kappa shape index (κ2) is 9.13. The molecule has 3 aromatic heterocycles. The summed E-state index contributed by atoms with van der Waals surface area (Å²) in [5.74, 6) is 0.828. The van der Waals surface area contributed by atoms with E-state index in [0.717, 1.165) is 25.6 Å². The summed E-state index contributed by atoms with van der Waals surface area (Å²) < 4.78 is 23.9. The number of aryl methyl sites for hydroxylation is 1. The van der Waals surface area contributed by atoms with Crippen molar-refractivity contribution in [3.63, 3.8) is 0 Å². The van der Waals surface area contributed by atoms with Gasteiger partial charge in [0, 0.05) is 20.1 Å². The fraction of sp³-hybridized carbons (Fsp3) is 0.500. The number of halogens is 1. The molecule has 1 unspecified atom stereocenters. The van der Waals surface area contributed by atoms with Crippen molar-refractivity contribution in [3.05, 3.63) is 25.2 Å². The number of likely N-dealkylation sites (N-methyl/N-ethyl adjacent to an activating group) is 1. The molecule has 13 heteroatoms. The molecule has 0 aliphatic carbocycles. The molecule has 2 N–H and O–H groups in total. The van der Waals surface area contributed by atoms with Gasteiger partial charge in [0.1, 0.15) is 11.9 Å². The highest BCUT2D eigenvalue weighted by molar-refractivity contribution is 5.88. The molecule has 3 aromatic rings. The number of fused-ring (bicyclic) bond motifs is 1. The van der Waals surface area contributed by atoms with E-state index in [1.165, 1.54) is 0 Å². The summed E-state index contributed by atoms with van der Waals surface area (Å²) >= 11 is 0. The van der Waals surface area contributed by atoms with Crippen LogP contribution in [0.15, 0.2) is 25.2 Å². The molecule has 1 amide bonds. The molecule has 0 bridgehead atoms. The van der Waals surface area contributed by atoms with Crippen LogP contribution in [0.1, 0.15) is 12.5 Å². The van der Waals surface area contributed by atoms with Crippen molar-refractivity contribution in [1.82, 2.24) is 39.5 Å². The molecule has 2 aliphatic heterocycles. The van der Waals surface area contributed by atoms with Gasteiger partial charge in [-0.3, -0.25) is 9.48 Å². The van der Waals surface area contributed by atoms with Crippen molar-refractivity contribution in [3.8, 4) is 5.88 Å². The van der Waals surface area contributed by atoms with E-state index in [0.29, 0.717) is 34.5 Å². The largest absolute Gasteiger partial charge is 0.478 e. The number of methoxy groups -OCH3 is 1. The van der Waals surface area contributed by atoms with Gasteiger partial charge in [0.15, 0.2) is 17.0 Å². The van der Waals surface area contributed by atoms with Crippen LogP contribution in [0.25, 0.3) is 11.2 Å². The maximum atomic E-state index is 14.7. The van der Waals surface area contributed by atoms with Gasteiger partial charge < -0.3 is 29.7 Å². The number of nitrogens with one attached hydrogen (secondary N) is 2. The number of aromatic nitrogens is 6. The van der Waals surface area contributed by atoms with Crippen molar-refractivity contribution in [2.45, 2.75) is 24.7 Å². The van der Waals surface area contributed by atoms with Crippen LogP contribution in [0.3, 0.4) is 0 Å². The Bertz CT molecular complexity index is 1260. The second-order valence-electron chi connectivity index (χ2n) is 9.00. The minimum absolute atomic E-state index is 0.0569. The topological polar surface area (TPSA) is 118 Å². The molecule has 0 saturated carbocycles. The minimum Gasteiger partial charge on any atom is -0.478 e. The molecule has 0 spiro atoms. The number of hydrogen-bond donors (Lipinski definition) is 2. The summed E-state index contributed by atoms with van der Waals surface area (Å²) in [4.78, 5) is 29.4. The average Bonchev–Trinajstić information content (AvgIpc) is 3.62. The Hall–Kier alpha value is -3.74. The Morgan fingerprint density at radius 3 is 2.83 bits per heavy atom. The van der Waals surface area contributed by atoms with Crippen LogP contribution in [-0.2, 0) is 11.8 Å². The first kappa shape index (κ1) is 23.0. The zero-order valence-electron chi connectivity index (χ0n) is 20.0. The number of anilines is 3. The van der Waals surface area contributed by atoms with Crippen molar-refractivity contribution >= 4 is 34.5 Å². The Morgan fingerprint density at radius 2 is 2.11 bits per heavy atom. The van der Waals surface area contributed by atoms with Gasteiger partial charge >= 0.3 is 0 Å². The summed E-state index contributed by atoms with van der Waals surface area (Å²) in [6.45, 7) is 5.65. The normalized spacial score (nSPS) is 22.6. The summed E-state index contributed by atoms with van der Waals surface area (Å²) in [6, 6.07) is -0.417. The number of carbonyl (C=O) groups is 1. The fourth-order valence-corrected chi connectivity index (χ4v) is 4.58. The second-order valence-corrected chi connectivity index (χ2v) is 9.00. The highest BCUT2D eigenvalue weighted by Crippen LogP contribution is 2.32. The first-order valence-electron chi connectivity index (χ1n) is 11.5. The predicted octanol–water partition coefficient (Wildman–Crippen LogP) is 1.02. The van der Waals surface area contributed by atoms with Gasteiger partial charge in [-0.1, -0.05) is 6.58 Å². The maximum absolute atomic E-state index is 14.7. The van der Waals surface area contributed by atoms with Gasteiger partial charge in [-0.15, -0.1) is 5.10 Å². The van der Waals surface area contributed by atoms with Crippen LogP contribution in [0.2, 0.25) is 0 Å². The lowest BCUT2D eigenvalue weighted by Crippen LogP contribution is -2.40. The Kier molecular flexibility index (Phi) is 6.01. The molecule has 0 radical (unpaired) electrons. The molecule has 0 aromatic carbocycles. The number of carbonyl (C=O) groups excluding carboxylic acids is 1. The number of hydrogen-bond acceptors (Lipinski definition) is 9. The zero-order valence-corrected chi connectivity index (χ0v) is 20.0. The van der Waals surface area contributed by atoms with E-state index < -0.39 is 18.1 Å². The Morgan fingerprint density at radius 1 is 1.29 bits per heavy atom. The van der Waals surface area contributed by atoms with Crippen molar-refractivity contribution in [2.75, 3.05) is 50.6 Å². The first-order chi connectivity index (χ1) is 16.9. The minimum atomic E-state index is -1.26. The number of amides is 1. The molecule has 186 valence electrons. The van der Waals surface area contributed by atoms with Gasteiger partial charge in [-0.2, -0.15) is 9.97 Å². The zero-order chi connectivity index (χ0) is 24.7. The highest BCUT2D eigenvalue weighted by Gasteiger charge is 2.35. The molecule has 12 nitrogen and oxygen atoms in total. The van der Waals surface area contributed by atoms with Crippen LogP contribution in [0.5, 0.6) is 5.88 Å². The number of nitrogens with zero attached hydrogens (tertiary/aromatic N) is 8. The van der Waals surface area contributed by atoms with E-state index in [1.807, 2.05) is 17.9 Å². The van der Waals surface area contributed by atoms with Crippen LogP contribution < -0.4 is 20.3 Å². The van der Waals surface area contributed by atoms with Crippen LogP contribution in [-0.4, -0.2) is 92.7 Å². The predicted molar refractivity (Wildman–Crippen MR) is 129 cm³/mol. The number of ether oxygens (including phenoxy) is 1. The van der Waals surface area contributed by atoms with Crippen LogP contribution >= 0.6 is 0 Å². The average molecular weight is 485 g/mol. The van der Waals surface area contributed by atoms with E-state index >= 15 is 0 Å². The third-order valence-corrected chi connectivity index (χ3v) is 6.48. The van der Waals surface area contributed by atoms with Gasteiger partial charge in [0.05, 0.1) is 38.3 Å². The molecule has 5 heterocycles. The van der Waals surface area contributed by atoms with Gasteiger partial charge in [-0.25, -0.2) is 9.37 Å². The number of likely N-dealkylation sites (tertiary alicyclic amines) is 1. The van der Waals surface area contributed by atoms with Crippen LogP contribution in [0.4, 0.5) is 21.8 Å². The molecule has 5 rings (SSSR count). The van der Waals surface area contributed by atoms with E-state index in [9.17, 15) is 9.18 Å². The maximum Gasteiger partial charge on any atom is 0.256 e. The third kappa shape index (κ3) is 4.38. The SMILES string of the molecule is C=CC(=O)N[C@@H]1CN(c2nc(Nc3cn(C4CCN(C)C4)nc3OC)c3ncn(C)c3n2)C[C@H]1F. The monoisotopic (exact) mass is 484 g/mol. The molecule has 3 atom stereocenters. The molecular formula is C22H29FN10O2. The summed E-state index contributed by atoms with van der Waals surface area (Å²) in [5, 5.41) is 10.6. The molecule has 35 heavy (non-hydrogen) atoms. The van der Waals surface area contributed by atoms with Gasteiger partial charge in [0.2, 0.25) is 11.9 Å². The first-order valence-corrected chi connectivity index (χ1v) is 11.5. The van der Waals surface area contributed by atoms with E-state index in [-0.39, 0.29) is 19.1 Å². The standard InChI is InChI=1S/C22H29FN10O2/c1-5-17(34)25-15-10-32(9-14(15)23)22-27-19(18-20(28-22)31(3)12-24-18)26-16-11-33(29-21(16)35-4)13-6-7-30(2)8-13/h5,11-15H,1,6-10H2,2-4H3,(H,25,34)(H,26,27,28)/t13?,14-,15-/m1/s1. The number of imidazole rings is 1. The summed E-state index contributed by atoms with van der Waals surface area (Å²) in [7, 11) is 5.50. The van der Waals surface area contributed by atoms with Crippen molar-refractivity contribution in [1.29, 1.82) is 0 Å². The Labute approximate surface area is 201 Å². The smallest absolute Gasteiger partial charge is 0.256 e. The Balaban J connectivity index is 1.46. The lowest BCUT2D eigenvalue weighted by Gasteiger charge is -2.17. The number of rotatable bonds is 7. The molecule has 2 fully saturated rings. The third-order valence-electron chi connectivity index (χ3n) is 6.48.